The molecule has 0 aliphatic carbocycles. The van der Waals surface area contributed by atoms with E-state index >= 15 is 0 Å². The largest absolute Gasteiger partial charge is 0.473 e. The van der Waals surface area contributed by atoms with Crippen LogP contribution in [0.25, 0.3) is 0 Å². The maximum absolute atomic E-state index is 11.8. The van der Waals surface area contributed by atoms with E-state index in [1.54, 1.807) is 11.8 Å². The number of ether oxygens (including phenoxy) is 1. The van der Waals surface area contributed by atoms with E-state index in [1.807, 2.05) is 25.1 Å². The maximum atomic E-state index is 11.8. The summed E-state index contributed by atoms with van der Waals surface area (Å²) in [5, 5.41) is 2.92. The molecule has 0 saturated carbocycles. The van der Waals surface area contributed by atoms with Gasteiger partial charge in [-0.25, -0.2) is 0 Å². The fourth-order valence-electron chi connectivity index (χ4n) is 1.80. The van der Waals surface area contributed by atoms with Gasteiger partial charge < -0.3 is 10.1 Å². The molecule has 0 atom stereocenters. The lowest BCUT2D eigenvalue weighted by atomic mass is 10.0. The van der Waals surface area contributed by atoms with Gasteiger partial charge in [-0.05, 0) is 24.6 Å². The minimum Gasteiger partial charge on any atom is -0.473 e. The topological polar surface area (TPSA) is 38.3 Å². The standard InChI is InChI=1S/C11H11NO2S/c1-7-2-3-9-8(4-7)12-10(13)11(14-9)5-15-6-11/h2-4H,5-6H2,1H3,(H,12,13). The zero-order chi connectivity index (χ0) is 10.5. The molecule has 0 bridgehead atoms. The molecule has 3 rings (SSSR count). The van der Waals surface area contributed by atoms with Crippen molar-refractivity contribution >= 4 is 23.4 Å². The molecule has 1 amide bonds. The van der Waals surface area contributed by atoms with Crippen LogP contribution in [0.15, 0.2) is 18.2 Å². The van der Waals surface area contributed by atoms with E-state index in [9.17, 15) is 4.79 Å². The number of fused-ring (bicyclic) bond motifs is 1. The number of anilines is 1. The van der Waals surface area contributed by atoms with Crippen molar-refractivity contribution in [2.45, 2.75) is 12.5 Å². The van der Waals surface area contributed by atoms with Crippen LogP contribution in [0.2, 0.25) is 0 Å². The minimum absolute atomic E-state index is 0.000602. The molecule has 1 fully saturated rings. The third kappa shape index (κ3) is 1.24. The Bertz CT molecular complexity index is 440. The van der Waals surface area contributed by atoms with Gasteiger partial charge in [0, 0.05) is 11.5 Å². The summed E-state index contributed by atoms with van der Waals surface area (Å²) in [6, 6.07) is 5.86. The highest BCUT2D eigenvalue weighted by Crippen LogP contribution is 2.41. The first-order chi connectivity index (χ1) is 7.20. The number of carbonyl (C=O) groups is 1. The summed E-state index contributed by atoms with van der Waals surface area (Å²) in [6.45, 7) is 2.00. The van der Waals surface area contributed by atoms with E-state index in [-0.39, 0.29) is 5.91 Å². The lowest BCUT2D eigenvalue weighted by Crippen LogP contribution is -2.60. The van der Waals surface area contributed by atoms with Crippen molar-refractivity contribution in [2.24, 2.45) is 0 Å². The van der Waals surface area contributed by atoms with Crippen molar-refractivity contribution in [1.82, 2.24) is 0 Å². The van der Waals surface area contributed by atoms with E-state index in [1.165, 1.54) is 0 Å². The zero-order valence-electron chi connectivity index (χ0n) is 8.37. The molecule has 3 nitrogen and oxygen atoms in total. The zero-order valence-corrected chi connectivity index (χ0v) is 9.19. The van der Waals surface area contributed by atoms with Crippen LogP contribution in [-0.2, 0) is 4.79 Å². The van der Waals surface area contributed by atoms with Crippen LogP contribution in [0.5, 0.6) is 5.75 Å². The van der Waals surface area contributed by atoms with Gasteiger partial charge in [0.05, 0.1) is 5.69 Å². The van der Waals surface area contributed by atoms with Crippen LogP contribution in [0, 0.1) is 6.92 Å². The highest BCUT2D eigenvalue weighted by atomic mass is 32.2. The highest BCUT2D eigenvalue weighted by Gasteiger charge is 2.50. The summed E-state index contributed by atoms with van der Waals surface area (Å²) in [6.07, 6.45) is 0. The molecule has 2 aliphatic rings. The second kappa shape index (κ2) is 2.92. The number of amides is 1. The van der Waals surface area contributed by atoms with Gasteiger partial charge in [-0.2, -0.15) is 11.8 Å². The van der Waals surface area contributed by atoms with Crippen molar-refractivity contribution in [3.63, 3.8) is 0 Å². The molecule has 78 valence electrons. The van der Waals surface area contributed by atoms with Crippen molar-refractivity contribution < 1.29 is 9.53 Å². The molecule has 1 spiro atoms. The molecule has 1 aromatic rings. The van der Waals surface area contributed by atoms with Gasteiger partial charge in [0.25, 0.3) is 5.91 Å². The van der Waals surface area contributed by atoms with Crippen LogP contribution in [0.4, 0.5) is 5.69 Å². The predicted octanol–water partition coefficient (Wildman–Crippen LogP) is 1.81. The predicted molar refractivity (Wildman–Crippen MR) is 60.5 cm³/mol. The first-order valence-electron chi connectivity index (χ1n) is 4.88. The van der Waals surface area contributed by atoms with Crippen molar-refractivity contribution in [2.75, 3.05) is 16.8 Å². The van der Waals surface area contributed by atoms with Crippen molar-refractivity contribution in [3.05, 3.63) is 23.8 Å². The normalized spacial score (nSPS) is 21.3. The second-order valence-electron chi connectivity index (χ2n) is 4.04. The summed E-state index contributed by atoms with van der Waals surface area (Å²) in [5.74, 6) is 2.30. The van der Waals surface area contributed by atoms with Gasteiger partial charge in [0.1, 0.15) is 5.75 Å². The number of benzene rings is 1. The molecule has 15 heavy (non-hydrogen) atoms. The minimum atomic E-state index is -0.590. The molecule has 0 unspecified atom stereocenters. The lowest BCUT2D eigenvalue weighted by molar-refractivity contribution is -0.129. The van der Waals surface area contributed by atoms with Gasteiger partial charge >= 0.3 is 0 Å². The Morgan fingerprint density at radius 2 is 2.27 bits per heavy atom. The van der Waals surface area contributed by atoms with Gasteiger partial charge in [0.15, 0.2) is 0 Å². The molecule has 1 saturated heterocycles. The molecule has 4 heteroatoms. The first-order valence-corrected chi connectivity index (χ1v) is 6.04. The number of nitrogens with one attached hydrogen (secondary N) is 1. The number of hydrogen-bond acceptors (Lipinski definition) is 3. The lowest BCUT2D eigenvalue weighted by Gasteiger charge is -2.42. The van der Waals surface area contributed by atoms with E-state index < -0.39 is 5.60 Å². The summed E-state index contributed by atoms with van der Waals surface area (Å²) >= 11 is 1.74. The molecule has 1 aromatic carbocycles. The summed E-state index contributed by atoms with van der Waals surface area (Å²) in [4.78, 5) is 11.8. The third-order valence-corrected chi connectivity index (χ3v) is 4.11. The smallest absolute Gasteiger partial charge is 0.270 e. The number of rotatable bonds is 0. The summed E-state index contributed by atoms with van der Waals surface area (Å²) < 4.78 is 5.79. The van der Waals surface area contributed by atoms with E-state index in [0.717, 1.165) is 28.5 Å². The summed E-state index contributed by atoms with van der Waals surface area (Å²) in [5.41, 5.74) is 1.33. The third-order valence-electron chi connectivity index (χ3n) is 2.77. The van der Waals surface area contributed by atoms with E-state index in [4.69, 9.17) is 4.74 Å². The van der Waals surface area contributed by atoms with Crippen molar-refractivity contribution in [3.8, 4) is 5.75 Å². The number of thioether (sulfide) groups is 1. The Kier molecular flexibility index (Phi) is 1.77. The summed E-state index contributed by atoms with van der Waals surface area (Å²) in [7, 11) is 0. The fourth-order valence-corrected chi connectivity index (χ4v) is 2.76. The average Bonchev–Trinajstić information content (AvgIpc) is 2.14. The SMILES string of the molecule is Cc1ccc2c(c1)NC(=O)C1(CSC1)O2. The Balaban J connectivity index is 2.02. The van der Waals surface area contributed by atoms with Crippen LogP contribution in [-0.4, -0.2) is 23.0 Å². The molecule has 0 radical (unpaired) electrons. The number of carbonyl (C=O) groups excluding carboxylic acids is 1. The van der Waals surface area contributed by atoms with Gasteiger partial charge in [-0.1, -0.05) is 6.07 Å². The Morgan fingerprint density at radius 3 is 2.93 bits per heavy atom. The van der Waals surface area contributed by atoms with Crippen LogP contribution < -0.4 is 10.1 Å². The first kappa shape index (κ1) is 9.09. The van der Waals surface area contributed by atoms with Gasteiger partial charge in [0.2, 0.25) is 5.60 Å². The molecule has 2 heterocycles. The van der Waals surface area contributed by atoms with Crippen LogP contribution >= 0.6 is 11.8 Å². The Hall–Kier alpha value is -1.16. The molecular weight excluding hydrogens is 210 g/mol. The molecular formula is C11H11NO2S. The second-order valence-corrected chi connectivity index (χ2v) is 5.03. The fraction of sp³-hybridized carbons (Fsp3) is 0.364. The maximum Gasteiger partial charge on any atom is 0.270 e. The quantitative estimate of drug-likeness (QED) is 0.726. The molecule has 0 aromatic heterocycles. The Labute approximate surface area is 92.2 Å². The van der Waals surface area contributed by atoms with Gasteiger partial charge in [-0.15, -0.1) is 0 Å². The average molecular weight is 221 g/mol. The number of aryl methyl sites for hydroxylation is 1. The van der Waals surface area contributed by atoms with Crippen LogP contribution in [0.3, 0.4) is 0 Å². The highest BCUT2D eigenvalue weighted by molar-refractivity contribution is 8.01. The molecule has 2 aliphatic heterocycles. The number of hydrogen-bond donors (Lipinski definition) is 1. The molecule has 1 N–H and O–H groups in total. The van der Waals surface area contributed by atoms with Gasteiger partial charge in [-0.3, -0.25) is 4.79 Å². The van der Waals surface area contributed by atoms with Crippen molar-refractivity contribution in [1.29, 1.82) is 0 Å². The van der Waals surface area contributed by atoms with Crippen LogP contribution in [0.1, 0.15) is 5.56 Å². The monoisotopic (exact) mass is 221 g/mol. The Morgan fingerprint density at radius 1 is 1.47 bits per heavy atom. The van der Waals surface area contributed by atoms with E-state index in [0.29, 0.717) is 0 Å². The van der Waals surface area contributed by atoms with E-state index in [2.05, 4.69) is 5.32 Å².